The van der Waals surface area contributed by atoms with Crippen molar-refractivity contribution in [2.24, 2.45) is 5.41 Å². The molecule has 4 heteroatoms. The Labute approximate surface area is 90.3 Å². The number of rotatable bonds is 1. The normalized spacial score (nSPS) is 23.5. The van der Waals surface area contributed by atoms with E-state index in [4.69, 9.17) is 5.73 Å². The summed E-state index contributed by atoms with van der Waals surface area (Å²) in [5.41, 5.74) is 8.22. The molecule has 0 radical (unpaired) electrons. The van der Waals surface area contributed by atoms with Gasteiger partial charge in [0.2, 0.25) is 5.95 Å². The van der Waals surface area contributed by atoms with Crippen LogP contribution in [0.3, 0.4) is 0 Å². The minimum Gasteiger partial charge on any atom is -0.368 e. The zero-order valence-electron chi connectivity index (χ0n) is 9.54. The van der Waals surface area contributed by atoms with E-state index in [9.17, 15) is 0 Å². The molecule has 15 heavy (non-hydrogen) atoms. The summed E-state index contributed by atoms with van der Waals surface area (Å²) < 4.78 is 0. The predicted octanol–water partition coefficient (Wildman–Crippen LogP) is 1.29. The van der Waals surface area contributed by atoms with Gasteiger partial charge < -0.3 is 11.1 Å². The summed E-state index contributed by atoms with van der Waals surface area (Å²) in [7, 11) is 1.97. The van der Waals surface area contributed by atoms with Crippen molar-refractivity contribution < 1.29 is 0 Å². The zero-order valence-corrected chi connectivity index (χ0v) is 9.54. The second kappa shape index (κ2) is 3.45. The van der Waals surface area contributed by atoms with Crippen LogP contribution in [0.4, 0.5) is 5.95 Å². The molecule has 1 heterocycles. The summed E-state index contributed by atoms with van der Waals surface area (Å²) in [6.07, 6.45) is 3.98. The number of nitrogens with zero attached hydrogens (tertiary/aromatic N) is 2. The summed E-state index contributed by atoms with van der Waals surface area (Å²) in [4.78, 5) is 8.40. The molecule has 0 bridgehead atoms. The summed E-state index contributed by atoms with van der Waals surface area (Å²) in [5.74, 6) is 0.369. The molecule has 1 aromatic rings. The third kappa shape index (κ3) is 1.95. The van der Waals surface area contributed by atoms with E-state index >= 15 is 0 Å². The molecule has 2 rings (SSSR count). The summed E-state index contributed by atoms with van der Waals surface area (Å²) in [6.45, 7) is 4.55. The van der Waals surface area contributed by atoms with E-state index in [0.717, 1.165) is 18.5 Å². The van der Waals surface area contributed by atoms with Crippen molar-refractivity contribution in [3.05, 3.63) is 17.5 Å². The van der Waals surface area contributed by atoms with Crippen molar-refractivity contribution >= 4 is 5.95 Å². The Hall–Kier alpha value is -1.16. The van der Waals surface area contributed by atoms with Crippen LogP contribution in [0.25, 0.3) is 0 Å². The summed E-state index contributed by atoms with van der Waals surface area (Å²) in [5, 5.41) is 3.30. The van der Waals surface area contributed by atoms with Gasteiger partial charge in [0.1, 0.15) is 0 Å². The SMILES string of the molecule is CNC1CC(C)(C)Cc2cnc(N)nc21. The van der Waals surface area contributed by atoms with Gasteiger partial charge in [0.05, 0.1) is 11.7 Å². The topological polar surface area (TPSA) is 63.8 Å². The minimum absolute atomic E-state index is 0.300. The highest BCUT2D eigenvalue weighted by Crippen LogP contribution is 2.39. The highest BCUT2D eigenvalue weighted by molar-refractivity contribution is 5.30. The molecule has 1 aliphatic carbocycles. The quantitative estimate of drug-likeness (QED) is 0.726. The van der Waals surface area contributed by atoms with Crippen LogP contribution in [0.1, 0.15) is 37.6 Å². The first-order chi connectivity index (χ1) is 7.02. The lowest BCUT2D eigenvalue weighted by Gasteiger charge is -2.35. The van der Waals surface area contributed by atoms with Gasteiger partial charge in [-0.3, -0.25) is 0 Å². The molecule has 0 spiro atoms. The lowest BCUT2D eigenvalue weighted by molar-refractivity contribution is 0.260. The Kier molecular flexibility index (Phi) is 2.38. The van der Waals surface area contributed by atoms with E-state index in [1.807, 2.05) is 13.2 Å². The fraction of sp³-hybridized carbons (Fsp3) is 0.636. The Bertz CT molecular complexity index is 373. The Balaban J connectivity index is 2.44. The molecule has 0 amide bonds. The monoisotopic (exact) mass is 206 g/mol. The maximum atomic E-state index is 5.62. The fourth-order valence-corrected chi connectivity index (χ4v) is 2.35. The third-order valence-electron chi connectivity index (χ3n) is 3.02. The van der Waals surface area contributed by atoms with Crippen LogP contribution >= 0.6 is 0 Å². The predicted molar refractivity (Wildman–Crippen MR) is 60.3 cm³/mol. The second-order valence-electron chi connectivity index (χ2n) is 5.03. The molecule has 4 nitrogen and oxygen atoms in total. The maximum absolute atomic E-state index is 5.62. The number of hydrogen-bond acceptors (Lipinski definition) is 4. The molecular weight excluding hydrogens is 188 g/mol. The Morgan fingerprint density at radius 2 is 2.27 bits per heavy atom. The second-order valence-corrected chi connectivity index (χ2v) is 5.03. The number of nitrogen functional groups attached to an aromatic ring is 1. The maximum Gasteiger partial charge on any atom is 0.220 e. The van der Waals surface area contributed by atoms with E-state index < -0.39 is 0 Å². The van der Waals surface area contributed by atoms with Crippen LogP contribution in [-0.4, -0.2) is 17.0 Å². The number of nitrogens with two attached hydrogens (primary N) is 1. The van der Waals surface area contributed by atoms with Crippen LogP contribution in [0.15, 0.2) is 6.20 Å². The Morgan fingerprint density at radius 1 is 1.53 bits per heavy atom. The molecule has 0 saturated carbocycles. The van der Waals surface area contributed by atoms with Crippen LogP contribution in [0.5, 0.6) is 0 Å². The summed E-state index contributed by atoms with van der Waals surface area (Å²) >= 11 is 0. The third-order valence-corrected chi connectivity index (χ3v) is 3.02. The van der Waals surface area contributed by atoms with Crippen molar-refractivity contribution in [1.29, 1.82) is 0 Å². The average molecular weight is 206 g/mol. The number of nitrogens with one attached hydrogen (secondary N) is 1. The molecule has 0 aromatic carbocycles. The number of hydrogen-bond donors (Lipinski definition) is 2. The number of fused-ring (bicyclic) bond motifs is 1. The lowest BCUT2D eigenvalue weighted by atomic mass is 9.74. The van der Waals surface area contributed by atoms with Crippen molar-refractivity contribution in [3.63, 3.8) is 0 Å². The molecule has 0 aliphatic heterocycles. The van der Waals surface area contributed by atoms with Crippen LogP contribution in [0.2, 0.25) is 0 Å². The molecule has 1 atom stereocenters. The van der Waals surface area contributed by atoms with E-state index in [1.165, 1.54) is 5.56 Å². The molecule has 82 valence electrons. The molecular formula is C11H18N4. The fourth-order valence-electron chi connectivity index (χ4n) is 2.35. The van der Waals surface area contributed by atoms with Gasteiger partial charge >= 0.3 is 0 Å². The van der Waals surface area contributed by atoms with Gasteiger partial charge in [-0.05, 0) is 30.9 Å². The van der Waals surface area contributed by atoms with Gasteiger partial charge in [-0.25, -0.2) is 9.97 Å². The highest BCUT2D eigenvalue weighted by Gasteiger charge is 2.32. The Morgan fingerprint density at radius 3 is 2.93 bits per heavy atom. The minimum atomic E-state index is 0.300. The molecule has 0 fully saturated rings. The summed E-state index contributed by atoms with van der Waals surface area (Å²) in [6, 6.07) is 0.300. The van der Waals surface area contributed by atoms with Gasteiger partial charge in [-0.1, -0.05) is 13.8 Å². The molecule has 1 aliphatic rings. The van der Waals surface area contributed by atoms with E-state index in [1.54, 1.807) is 0 Å². The smallest absolute Gasteiger partial charge is 0.220 e. The zero-order chi connectivity index (χ0) is 11.1. The first-order valence-corrected chi connectivity index (χ1v) is 5.30. The average Bonchev–Trinajstić information content (AvgIpc) is 2.16. The van der Waals surface area contributed by atoms with Crippen molar-refractivity contribution in [2.45, 2.75) is 32.7 Å². The van der Waals surface area contributed by atoms with E-state index in [-0.39, 0.29) is 0 Å². The van der Waals surface area contributed by atoms with E-state index in [2.05, 4.69) is 29.1 Å². The van der Waals surface area contributed by atoms with Crippen molar-refractivity contribution in [1.82, 2.24) is 15.3 Å². The molecule has 0 saturated heterocycles. The number of anilines is 1. The van der Waals surface area contributed by atoms with Gasteiger partial charge in [-0.15, -0.1) is 0 Å². The number of aromatic nitrogens is 2. The van der Waals surface area contributed by atoms with Crippen molar-refractivity contribution in [2.75, 3.05) is 12.8 Å². The van der Waals surface area contributed by atoms with Gasteiger partial charge in [0, 0.05) is 6.20 Å². The van der Waals surface area contributed by atoms with Crippen molar-refractivity contribution in [3.8, 4) is 0 Å². The molecule has 3 N–H and O–H groups in total. The first-order valence-electron chi connectivity index (χ1n) is 5.30. The molecule has 1 unspecified atom stereocenters. The largest absolute Gasteiger partial charge is 0.368 e. The standard InChI is InChI=1S/C11H18N4/c1-11(2)4-7-6-14-10(12)15-9(7)8(5-11)13-3/h6,8,13H,4-5H2,1-3H3,(H2,12,14,15). The van der Waals surface area contributed by atoms with Gasteiger partial charge in [0.15, 0.2) is 0 Å². The first kappa shape index (κ1) is 10.4. The van der Waals surface area contributed by atoms with E-state index in [0.29, 0.717) is 17.4 Å². The van der Waals surface area contributed by atoms with Crippen LogP contribution < -0.4 is 11.1 Å². The lowest BCUT2D eigenvalue weighted by Crippen LogP contribution is -2.33. The highest BCUT2D eigenvalue weighted by atomic mass is 15.0. The van der Waals surface area contributed by atoms with Crippen LogP contribution in [0, 0.1) is 5.41 Å². The van der Waals surface area contributed by atoms with Crippen LogP contribution in [-0.2, 0) is 6.42 Å². The molecule has 1 aromatic heterocycles. The van der Waals surface area contributed by atoms with Gasteiger partial charge in [-0.2, -0.15) is 0 Å². The van der Waals surface area contributed by atoms with Gasteiger partial charge in [0.25, 0.3) is 0 Å².